The van der Waals surface area contributed by atoms with Crippen LogP contribution in [0.25, 0.3) is 10.6 Å². The largest absolute Gasteiger partial charge is 0.496 e. The SMILES string of the molecule is COc1ccccc1Cn1cc(-c2ccc(C)s2)nc1N. The Morgan fingerprint density at radius 1 is 1.24 bits per heavy atom. The van der Waals surface area contributed by atoms with Crippen LogP contribution >= 0.6 is 11.3 Å². The number of imidazole rings is 1. The van der Waals surface area contributed by atoms with Crippen LogP contribution in [0.2, 0.25) is 0 Å². The van der Waals surface area contributed by atoms with Crippen LogP contribution in [0.4, 0.5) is 5.95 Å². The Hall–Kier alpha value is -2.27. The Balaban J connectivity index is 1.91. The molecule has 0 aliphatic carbocycles. The number of aryl methyl sites for hydroxylation is 1. The van der Waals surface area contributed by atoms with Crippen LogP contribution in [0.5, 0.6) is 5.75 Å². The minimum atomic E-state index is 0.516. The molecule has 3 aromatic rings. The molecule has 0 bridgehead atoms. The number of nitrogens with zero attached hydrogens (tertiary/aromatic N) is 2. The first-order valence-electron chi connectivity index (χ1n) is 6.68. The monoisotopic (exact) mass is 299 g/mol. The van der Waals surface area contributed by atoms with E-state index in [9.17, 15) is 0 Å². The first kappa shape index (κ1) is 13.7. The maximum absolute atomic E-state index is 6.04. The molecule has 0 amide bonds. The Bertz CT molecular complexity index is 760. The molecule has 2 heterocycles. The number of nitrogens with two attached hydrogens (primary N) is 1. The average molecular weight is 299 g/mol. The molecule has 0 aliphatic heterocycles. The first-order chi connectivity index (χ1) is 10.2. The molecule has 21 heavy (non-hydrogen) atoms. The molecule has 2 N–H and O–H groups in total. The number of benzene rings is 1. The van der Waals surface area contributed by atoms with Gasteiger partial charge in [0.25, 0.3) is 0 Å². The van der Waals surface area contributed by atoms with Crippen LogP contribution in [-0.2, 0) is 6.54 Å². The van der Waals surface area contributed by atoms with Crippen molar-refractivity contribution in [2.45, 2.75) is 13.5 Å². The second-order valence-corrected chi connectivity index (χ2v) is 6.12. The highest BCUT2D eigenvalue weighted by Crippen LogP contribution is 2.28. The van der Waals surface area contributed by atoms with Crippen molar-refractivity contribution in [3.05, 3.63) is 53.0 Å². The summed E-state index contributed by atoms with van der Waals surface area (Å²) in [6.07, 6.45) is 1.99. The third-order valence-electron chi connectivity index (χ3n) is 3.33. The van der Waals surface area contributed by atoms with Crippen LogP contribution in [0.1, 0.15) is 10.4 Å². The summed E-state index contributed by atoms with van der Waals surface area (Å²) in [7, 11) is 1.68. The van der Waals surface area contributed by atoms with E-state index in [1.807, 2.05) is 35.0 Å². The van der Waals surface area contributed by atoms with Gasteiger partial charge in [0.1, 0.15) is 11.4 Å². The van der Waals surface area contributed by atoms with Crippen LogP contribution < -0.4 is 10.5 Å². The quantitative estimate of drug-likeness (QED) is 0.801. The molecule has 0 spiro atoms. The summed E-state index contributed by atoms with van der Waals surface area (Å²) in [5.74, 6) is 1.38. The van der Waals surface area contributed by atoms with Gasteiger partial charge in [0.05, 0.1) is 18.5 Å². The fraction of sp³-hybridized carbons (Fsp3) is 0.188. The zero-order valence-electron chi connectivity index (χ0n) is 12.0. The summed E-state index contributed by atoms with van der Waals surface area (Å²) in [5.41, 5.74) is 8.04. The average Bonchev–Trinajstić information content (AvgIpc) is 3.06. The topological polar surface area (TPSA) is 53.1 Å². The highest BCUT2D eigenvalue weighted by molar-refractivity contribution is 7.15. The number of rotatable bonds is 4. The predicted molar refractivity (Wildman–Crippen MR) is 86.8 cm³/mol. The van der Waals surface area contributed by atoms with Crippen molar-refractivity contribution in [1.29, 1.82) is 0 Å². The number of aromatic nitrogens is 2. The predicted octanol–water partition coefficient (Wildman–Crippen LogP) is 3.56. The molecule has 3 rings (SSSR count). The third-order valence-corrected chi connectivity index (χ3v) is 4.36. The van der Waals surface area contributed by atoms with Crippen molar-refractivity contribution < 1.29 is 4.74 Å². The van der Waals surface area contributed by atoms with Crippen molar-refractivity contribution in [3.63, 3.8) is 0 Å². The lowest BCUT2D eigenvalue weighted by atomic mass is 10.2. The van der Waals surface area contributed by atoms with E-state index in [0.717, 1.165) is 21.9 Å². The summed E-state index contributed by atoms with van der Waals surface area (Å²) < 4.78 is 7.33. The van der Waals surface area contributed by atoms with Gasteiger partial charge in [-0.05, 0) is 25.1 Å². The fourth-order valence-electron chi connectivity index (χ4n) is 2.26. The number of hydrogen-bond donors (Lipinski definition) is 1. The summed E-state index contributed by atoms with van der Waals surface area (Å²) in [4.78, 5) is 6.86. The smallest absolute Gasteiger partial charge is 0.201 e. The summed E-state index contributed by atoms with van der Waals surface area (Å²) in [6, 6.07) is 12.1. The second-order valence-electron chi connectivity index (χ2n) is 4.83. The van der Waals surface area contributed by atoms with Gasteiger partial charge in [0.2, 0.25) is 5.95 Å². The molecule has 0 fully saturated rings. The first-order valence-corrected chi connectivity index (χ1v) is 7.50. The molecule has 108 valence electrons. The normalized spacial score (nSPS) is 10.8. The van der Waals surface area contributed by atoms with Gasteiger partial charge in [0.15, 0.2) is 0 Å². The number of methoxy groups -OCH3 is 1. The Morgan fingerprint density at radius 2 is 2.05 bits per heavy atom. The lowest BCUT2D eigenvalue weighted by molar-refractivity contribution is 0.408. The van der Waals surface area contributed by atoms with Crippen molar-refractivity contribution >= 4 is 17.3 Å². The molecule has 4 nitrogen and oxygen atoms in total. The standard InChI is InChI=1S/C16H17N3OS/c1-11-7-8-15(21-11)13-10-19(16(17)18-13)9-12-5-3-4-6-14(12)20-2/h3-8,10H,9H2,1-2H3,(H2,17,18). The van der Waals surface area contributed by atoms with Gasteiger partial charge < -0.3 is 15.0 Å². The van der Waals surface area contributed by atoms with E-state index in [1.165, 1.54) is 4.88 Å². The van der Waals surface area contributed by atoms with Gasteiger partial charge in [-0.15, -0.1) is 11.3 Å². The zero-order chi connectivity index (χ0) is 14.8. The second kappa shape index (κ2) is 5.61. The van der Waals surface area contributed by atoms with Gasteiger partial charge in [-0.1, -0.05) is 18.2 Å². The van der Waals surface area contributed by atoms with E-state index in [1.54, 1.807) is 18.4 Å². The van der Waals surface area contributed by atoms with Gasteiger partial charge in [-0.25, -0.2) is 4.98 Å². The van der Waals surface area contributed by atoms with E-state index in [0.29, 0.717) is 12.5 Å². The third kappa shape index (κ3) is 2.78. The van der Waals surface area contributed by atoms with Crippen LogP contribution in [0.3, 0.4) is 0 Å². The van der Waals surface area contributed by atoms with Gasteiger partial charge in [-0.2, -0.15) is 0 Å². The van der Waals surface area contributed by atoms with E-state index in [-0.39, 0.29) is 0 Å². The number of anilines is 1. The number of ether oxygens (including phenoxy) is 1. The summed E-state index contributed by atoms with van der Waals surface area (Å²) in [5, 5.41) is 0. The van der Waals surface area contributed by atoms with Gasteiger partial charge >= 0.3 is 0 Å². The Labute approximate surface area is 127 Å². The van der Waals surface area contributed by atoms with E-state index < -0.39 is 0 Å². The minimum absolute atomic E-state index is 0.516. The molecule has 1 aromatic carbocycles. The van der Waals surface area contributed by atoms with Crippen molar-refractivity contribution in [3.8, 4) is 16.3 Å². The van der Waals surface area contributed by atoms with Gasteiger partial charge in [0, 0.05) is 16.6 Å². The summed E-state index contributed by atoms with van der Waals surface area (Å²) >= 11 is 1.72. The highest BCUT2D eigenvalue weighted by atomic mass is 32.1. The fourth-order valence-corrected chi connectivity index (χ4v) is 3.09. The van der Waals surface area contributed by atoms with Crippen LogP contribution in [0.15, 0.2) is 42.6 Å². The molecule has 2 aromatic heterocycles. The maximum atomic E-state index is 6.04. The molecular formula is C16H17N3OS. The van der Waals surface area contributed by atoms with E-state index >= 15 is 0 Å². The Kier molecular flexibility index (Phi) is 3.66. The molecular weight excluding hydrogens is 282 g/mol. The number of hydrogen-bond acceptors (Lipinski definition) is 4. The molecule has 0 saturated carbocycles. The highest BCUT2D eigenvalue weighted by Gasteiger charge is 2.10. The molecule has 0 saturated heterocycles. The number of thiophene rings is 1. The Morgan fingerprint density at radius 3 is 2.76 bits per heavy atom. The molecule has 0 atom stereocenters. The number of para-hydroxylation sites is 1. The van der Waals surface area contributed by atoms with Gasteiger partial charge in [-0.3, -0.25) is 0 Å². The minimum Gasteiger partial charge on any atom is -0.496 e. The lowest BCUT2D eigenvalue weighted by Gasteiger charge is -2.09. The van der Waals surface area contributed by atoms with Crippen molar-refractivity contribution in [1.82, 2.24) is 9.55 Å². The van der Waals surface area contributed by atoms with E-state index in [4.69, 9.17) is 10.5 Å². The molecule has 0 aliphatic rings. The van der Waals surface area contributed by atoms with Crippen LogP contribution in [0, 0.1) is 6.92 Å². The van der Waals surface area contributed by atoms with Crippen molar-refractivity contribution in [2.24, 2.45) is 0 Å². The zero-order valence-corrected chi connectivity index (χ0v) is 12.9. The summed E-state index contributed by atoms with van der Waals surface area (Å²) in [6.45, 7) is 2.73. The number of nitrogen functional groups attached to an aromatic ring is 1. The van der Waals surface area contributed by atoms with E-state index in [2.05, 4.69) is 24.0 Å². The molecule has 5 heteroatoms. The lowest BCUT2D eigenvalue weighted by Crippen LogP contribution is -2.04. The molecule has 0 radical (unpaired) electrons. The molecule has 0 unspecified atom stereocenters. The van der Waals surface area contributed by atoms with Crippen LogP contribution in [-0.4, -0.2) is 16.7 Å². The maximum Gasteiger partial charge on any atom is 0.201 e. The van der Waals surface area contributed by atoms with Crippen molar-refractivity contribution in [2.75, 3.05) is 12.8 Å².